The number of rotatable bonds is 5. The average molecular weight is 322 g/mol. The number of carboxylic acid groups (broad SMARTS) is 1. The van der Waals surface area contributed by atoms with Gasteiger partial charge >= 0.3 is 5.97 Å². The fraction of sp³-hybridized carbons (Fsp3) is 0.917. The number of carbonyl (C=O) groups is 1. The Morgan fingerprint density at radius 2 is 2.00 bits per heavy atom. The van der Waals surface area contributed by atoms with Crippen molar-refractivity contribution in [1.82, 2.24) is 9.03 Å². The highest BCUT2D eigenvalue weighted by molar-refractivity contribution is 7.99. The van der Waals surface area contributed by atoms with Crippen molar-refractivity contribution in [2.24, 2.45) is 0 Å². The van der Waals surface area contributed by atoms with Crippen LogP contribution in [0.1, 0.15) is 38.5 Å². The molecule has 1 saturated heterocycles. The lowest BCUT2D eigenvalue weighted by Crippen LogP contribution is -2.59. The summed E-state index contributed by atoms with van der Waals surface area (Å²) in [6.07, 6.45) is 5.26. The van der Waals surface area contributed by atoms with Gasteiger partial charge < -0.3 is 5.11 Å². The molecule has 0 spiro atoms. The van der Waals surface area contributed by atoms with Crippen LogP contribution in [0, 0.1) is 0 Å². The smallest absolute Gasteiger partial charge is 0.325 e. The van der Waals surface area contributed by atoms with Gasteiger partial charge in [-0.25, -0.2) is 0 Å². The number of nitrogens with zero attached hydrogens (tertiary/aromatic N) is 1. The minimum Gasteiger partial charge on any atom is -0.480 e. The lowest BCUT2D eigenvalue weighted by atomic mass is 9.96. The minimum absolute atomic E-state index is 0.0128. The predicted octanol–water partition coefficient (Wildman–Crippen LogP) is 1.05. The highest BCUT2D eigenvalue weighted by Gasteiger charge is 2.46. The molecular weight excluding hydrogens is 300 g/mol. The van der Waals surface area contributed by atoms with E-state index >= 15 is 0 Å². The number of carboxylic acids is 1. The van der Waals surface area contributed by atoms with E-state index < -0.39 is 21.7 Å². The Hall–Kier alpha value is -0.310. The largest absolute Gasteiger partial charge is 0.480 e. The van der Waals surface area contributed by atoms with Crippen LogP contribution in [0.25, 0.3) is 0 Å². The quantitative estimate of drug-likeness (QED) is 0.790. The first-order valence-electron chi connectivity index (χ1n) is 6.95. The van der Waals surface area contributed by atoms with Crippen LogP contribution in [-0.2, 0) is 15.0 Å². The van der Waals surface area contributed by atoms with E-state index in [9.17, 15) is 18.3 Å². The van der Waals surface area contributed by atoms with Crippen molar-refractivity contribution in [2.45, 2.75) is 50.1 Å². The highest BCUT2D eigenvalue weighted by atomic mass is 32.2. The van der Waals surface area contributed by atoms with Gasteiger partial charge in [0.1, 0.15) is 5.54 Å². The lowest BCUT2D eigenvalue weighted by molar-refractivity contribution is -0.143. The van der Waals surface area contributed by atoms with E-state index in [1.807, 2.05) is 0 Å². The summed E-state index contributed by atoms with van der Waals surface area (Å²) >= 11 is 1.47. The maximum Gasteiger partial charge on any atom is 0.325 e. The van der Waals surface area contributed by atoms with Gasteiger partial charge in [-0.15, -0.1) is 0 Å². The molecule has 1 heterocycles. The van der Waals surface area contributed by atoms with Crippen LogP contribution >= 0.6 is 11.8 Å². The summed E-state index contributed by atoms with van der Waals surface area (Å²) in [6, 6.07) is -0.0128. The van der Waals surface area contributed by atoms with Crippen molar-refractivity contribution in [3.05, 3.63) is 0 Å². The summed E-state index contributed by atoms with van der Waals surface area (Å²) in [5, 5.41) is 9.36. The second-order valence-corrected chi connectivity index (χ2v) is 8.44. The van der Waals surface area contributed by atoms with E-state index in [1.165, 1.54) is 16.1 Å². The molecule has 116 valence electrons. The number of aliphatic carboxylic acids is 1. The standard InChI is InChI=1S/C12H22N2O4S2/c1-14(10-5-3-2-4-6-10)20(17,18)13-12(11(15)16)7-8-19-9-12/h10,13H,2-9H2,1H3,(H,15,16). The number of nitrogens with one attached hydrogen (secondary N) is 1. The molecule has 1 atom stereocenters. The van der Waals surface area contributed by atoms with Crippen LogP contribution in [0.3, 0.4) is 0 Å². The summed E-state index contributed by atoms with van der Waals surface area (Å²) in [5.74, 6) is -0.120. The van der Waals surface area contributed by atoms with Crippen molar-refractivity contribution < 1.29 is 18.3 Å². The van der Waals surface area contributed by atoms with Gasteiger partial charge in [-0.2, -0.15) is 29.2 Å². The third-order valence-electron chi connectivity index (χ3n) is 4.22. The molecule has 1 aliphatic heterocycles. The van der Waals surface area contributed by atoms with Crippen molar-refractivity contribution in [1.29, 1.82) is 0 Å². The molecule has 0 aromatic heterocycles. The fourth-order valence-corrected chi connectivity index (χ4v) is 5.74. The number of hydrogen-bond acceptors (Lipinski definition) is 4. The third kappa shape index (κ3) is 3.29. The van der Waals surface area contributed by atoms with Gasteiger partial charge in [0.05, 0.1) is 0 Å². The van der Waals surface area contributed by atoms with Gasteiger partial charge in [0.2, 0.25) is 0 Å². The maximum atomic E-state index is 12.4. The lowest BCUT2D eigenvalue weighted by Gasteiger charge is -2.33. The Labute approximate surface area is 124 Å². The van der Waals surface area contributed by atoms with Crippen molar-refractivity contribution in [2.75, 3.05) is 18.6 Å². The van der Waals surface area contributed by atoms with Crippen LogP contribution in [-0.4, -0.2) is 53.9 Å². The molecule has 0 aromatic carbocycles. The molecule has 1 aliphatic carbocycles. The Morgan fingerprint density at radius 1 is 1.35 bits per heavy atom. The monoisotopic (exact) mass is 322 g/mol. The molecule has 2 aliphatic rings. The molecule has 0 radical (unpaired) electrons. The molecule has 20 heavy (non-hydrogen) atoms. The topological polar surface area (TPSA) is 86.7 Å². The summed E-state index contributed by atoms with van der Waals surface area (Å²) in [7, 11) is -2.21. The first-order chi connectivity index (χ1) is 9.37. The van der Waals surface area contributed by atoms with Crippen LogP contribution < -0.4 is 4.72 Å². The van der Waals surface area contributed by atoms with E-state index in [0.717, 1.165) is 32.1 Å². The molecular formula is C12H22N2O4S2. The van der Waals surface area contributed by atoms with Gasteiger partial charge in [0.25, 0.3) is 10.2 Å². The van der Waals surface area contributed by atoms with Crippen molar-refractivity contribution in [3.8, 4) is 0 Å². The minimum atomic E-state index is -3.76. The van der Waals surface area contributed by atoms with Gasteiger partial charge in [-0.05, 0) is 25.0 Å². The molecule has 1 saturated carbocycles. The van der Waals surface area contributed by atoms with Gasteiger partial charge in [-0.3, -0.25) is 4.79 Å². The zero-order valence-electron chi connectivity index (χ0n) is 11.7. The van der Waals surface area contributed by atoms with Crippen molar-refractivity contribution >= 4 is 27.9 Å². The van der Waals surface area contributed by atoms with E-state index in [0.29, 0.717) is 17.9 Å². The zero-order valence-corrected chi connectivity index (χ0v) is 13.3. The van der Waals surface area contributed by atoms with Crippen LogP contribution in [0.5, 0.6) is 0 Å². The molecule has 1 unspecified atom stereocenters. The molecule has 2 rings (SSSR count). The maximum absolute atomic E-state index is 12.4. The van der Waals surface area contributed by atoms with Gasteiger partial charge in [0.15, 0.2) is 0 Å². The van der Waals surface area contributed by atoms with Crippen LogP contribution in [0.15, 0.2) is 0 Å². The second kappa shape index (κ2) is 6.21. The second-order valence-electron chi connectivity index (χ2n) is 5.60. The summed E-state index contributed by atoms with van der Waals surface area (Å²) in [6.45, 7) is 0. The molecule has 6 nitrogen and oxygen atoms in total. The number of thioether (sulfide) groups is 1. The molecule has 0 bridgehead atoms. The SMILES string of the molecule is CN(C1CCCCC1)S(=O)(=O)NC1(C(=O)O)CCSC1. The Bertz CT molecular complexity index is 454. The molecule has 2 N–H and O–H groups in total. The van der Waals surface area contributed by atoms with E-state index in [1.54, 1.807) is 7.05 Å². The Kier molecular flexibility index (Phi) is 4.99. The van der Waals surface area contributed by atoms with Crippen molar-refractivity contribution in [3.63, 3.8) is 0 Å². The molecule has 2 fully saturated rings. The summed E-state index contributed by atoms with van der Waals surface area (Å²) < 4.78 is 28.7. The van der Waals surface area contributed by atoms with Crippen LogP contribution in [0.4, 0.5) is 0 Å². The predicted molar refractivity (Wildman–Crippen MR) is 79.0 cm³/mol. The van der Waals surface area contributed by atoms with E-state index in [-0.39, 0.29) is 6.04 Å². The van der Waals surface area contributed by atoms with Gasteiger partial charge in [-0.1, -0.05) is 19.3 Å². The molecule has 8 heteroatoms. The van der Waals surface area contributed by atoms with Gasteiger partial charge in [0, 0.05) is 18.8 Å². The first-order valence-corrected chi connectivity index (χ1v) is 9.55. The summed E-state index contributed by atoms with van der Waals surface area (Å²) in [5.41, 5.74) is -1.34. The Balaban J connectivity index is 2.11. The molecule has 0 amide bonds. The van der Waals surface area contributed by atoms with E-state index in [4.69, 9.17) is 0 Å². The zero-order chi connectivity index (χ0) is 14.8. The fourth-order valence-electron chi connectivity index (χ4n) is 2.82. The molecule has 0 aromatic rings. The average Bonchev–Trinajstić information content (AvgIpc) is 2.88. The van der Waals surface area contributed by atoms with E-state index in [2.05, 4.69) is 4.72 Å². The summed E-state index contributed by atoms with van der Waals surface area (Å²) in [4.78, 5) is 11.4. The third-order valence-corrected chi connectivity index (χ3v) is 7.12. The first kappa shape index (κ1) is 16.1. The Morgan fingerprint density at radius 3 is 2.50 bits per heavy atom. The number of hydrogen-bond donors (Lipinski definition) is 2. The highest BCUT2D eigenvalue weighted by Crippen LogP contribution is 2.30. The van der Waals surface area contributed by atoms with Crippen LogP contribution in [0.2, 0.25) is 0 Å². The normalized spacial score (nSPS) is 28.9.